The molecule has 0 bridgehead atoms. The fourth-order valence-corrected chi connectivity index (χ4v) is 0.567. The van der Waals surface area contributed by atoms with E-state index >= 15 is 0 Å². The first-order valence-corrected chi connectivity index (χ1v) is 2.51. The lowest BCUT2D eigenvalue weighted by atomic mass is 10.1. The summed E-state index contributed by atoms with van der Waals surface area (Å²) in [5.41, 5.74) is 0.910. The zero-order valence-corrected chi connectivity index (χ0v) is 4.46. The minimum Gasteiger partial charge on any atom is -0.515 e. The van der Waals surface area contributed by atoms with Crippen LogP contribution >= 0.6 is 0 Å². The Bertz CT molecular complexity index is 152. The number of aliphatic hydroxyl groups is 1. The van der Waals surface area contributed by atoms with Crippen molar-refractivity contribution in [2.24, 2.45) is 0 Å². The van der Waals surface area contributed by atoms with Gasteiger partial charge < -0.3 is 5.11 Å². The van der Waals surface area contributed by atoms with Crippen LogP contribution in [-0.2, 0) is 0 Å². The van der Waals surface area contributed by atoms with Crippen LogP contribution in [0.2, 0.25) is 0 Å². The van der Waals surface area contributed by atoms with E-state index in [1.54, 1.807) is 6.08 Å². The Morgan fingerprint density at radius 2 is 2.62 bits per heavy atom. The van der Waals surface area contributed by atoms with Crippen LogP contribution in [0, 0.1) is 6.08 Å². The molecule has 0 aromatic heterocycles. The summed E-state index contributed by atoms with van der Waals surface area (Å²) in [4.78, 5) is 0. The highest BCUT2D eigenvalue weighted by atomic mass is 16.2. The van der Waals surface area contributed by atoms with E-state index in [4.69, 9.17) is 5.11 Å². The maximum absolute atomic E-state index is 8.42. The maximum atomic E-state index is 8.42. The van der Waals surface area contributed by atoms with E-state index in [1.165, 1.54) is 0 Å². The third-order valence-corrected chi connectivity index (χ3v) is 1.00. The molecule has 0 atom stereocenters. The van der Waals surface area contributed by atoms with Gasteiger partial charge in [0.2, 0.25) is 0 Å². The van der Waals surface area contributed by atoms with Crippen molar-refractivity contribution in [2.75, 3.05) is 0 Å². The minimum atomic E-state index is 0.823. The lowest BCUT2D eigenvalue weighted by Gasteiger charge is -1.95. The molecule has 0 amide bonds. The SMILES string of the molecule is OC=C1C=[C]C=CC1. The highest BCUT2D eigenvalue weighted by Crippen LogP contribution is 2.06. The second kappa shape index (κ2) is 2.36. The standard InChI is InChI=1S/C7H7O/c8-6-7-4-2-1-3-5-7/h1-2,5-6,8H,4H2. The summed E-state index contributed by atoms with van der Waals surface area (Å²) in [7, 11) is 0. The van der Waals surface area contributed by atoms with Crippen molar-refractivity contribution >= 4 is 0 Å². The van der Waals surface area contributed by atoms with Gasteiger partial charge in [0, 0.05) is 0 Å². The van der Waals surface area contributed by atoms with Crippen LogP contribution in [0.15, 0.2) is 30.1 Å². The van der Waals surface area contributed by atoms with Crippen molar-refractivity contribution in [3.05, 3.63) is 36.1 Å². The fourth-order valence-electron chi connectivity index (χ4n) is 0.567. The molecule has 0 heterocycles. The number of aliphatic hydroxyl groups excluding tert-OH is 1. The first kappa shape index (κ1) is 5.16. The average Bonchev–Trinajstić information content (AvgIpc) is 1.90. The normalized spacial score (nSPS) is 22.2. The molecule has 0 aromatic carbocycles. The van der Waals surface area contributed by atoms with E-state index in [2.05, 4.69) is 6.08 Å². The Kier molecular flexibility index (Phi) is 1.52. The van der Waals surface area contributed by atoms with Gasteiger partial charge in [0.15, 0.2) is 0 Å². The summed E-state index contributed by atoms with van der Waals surface area (Å²) in [6, 6.07) is 0. The van der Waals surface area contributed by atoms with Crippen LogP contribution in [0.3, 0.4) is 0 Å². The Hall–Kier alpha value is -0.980. The van der Waals surface area contributed by atoms with Crippen molar-refractivity contribution < 1.29 is 5.11 Å². The first-order valence-electron chi connectivity index (χ1n) is 2.51. The molecule has 1 rings (SSSR count). The van der Waals surface area contributed by atoms with E-state index in [1.807, 2.05) is 12.2 Å². The topological polar surface area (TPSA) is 20.2 Å². The third kappa shape index (κ3) is 0.997. The summed E-state index contributed by atoms with van der Waals surface area (Å²) in [6.45, 7) is 0. The Labute approximate surface area is 48.6 Å². The third-order valence-electron chi connectivity index (χ3n) is 1.00. The van der Waals surface area contributed by atoms with Crippen molar-refractivity contribution in [3.8, 4) is 0 Å². The quantitative estimate of drug-likeness (QED) is 0.467. The van der Waals surface area contributed by atoms with E-state index < -0.39 is 0 Å². The summed E-state index contributed by atoms with van der Waals surface area (Å²) in [5.74, 6) is 0. The lowest BCUT2D eigenvalue weighted by Crippen LogP contribution is -1.78. The van der Waals surface area contributed by atoms with Crippen LogP contribution in [0.25, 0.3) is 0 Å². The molecular formula is C7H7O. The largest absolute Gasteiger partial charge is 0.515 e. The summed E-state index contributed by atoms with van der Waals surface area (Å²) >= 11 is 0. The monoisotopic (exact) mass is 107 g/mol. The fraction of sp³-hybridized carbons (Fsp3) is 0.143. The van der Waals surface area contributed by atoms with Crippen molar-refractivity contribution in [3.63, 3.8) is 0 Å². The molecule has 0 unspecified atom stereocenters. The van der Waals surface area contributed by atoms with E-state index in [-0.39, 0.29) is 0 Å². The molecule has 0 spiro atoms. The molecule has 1 aliphatic carbocycles. The number of hydrogen-bond donors (Lipinski definition) is 1. The molecule has 1 N–H and O–H groups in total. The Morgan fingerprint density at radius 3 is 3.00 bits per heavy atom. The van der Waals surface area contributed by atoms with Crippen molar-refractivity contribution in [1.82, 2.24) is 0 Å². The summed E-state index contributed by atoms with van der Waals surface area (Å²) in [6.07, 6.45) is 10.3. The molecular weight excluding hydrogens is 100 g/mol. The van der Waals surface area contributed by atoms with Gasteiger partial charge in [-0.05, 0) is 24.1 Å². The lowest BCUT2D eigenvalue weighted by molar-refractivity contribution is 0.468. The molecule has 1 radical (unpaired) electrons. The van der Waals surface area contributed by atoms with Gasteiger partial charge in [0.1, 0.15) is 0 Å². The van der Waals surface area contributed by atoms with E-state index in [0.717, 1.165) is 18.3 Å². The minimum absolute atomic E-state index is 0.823. The van der Waals surface area contributed by atoms with Crippen LogP contribution in [0.1, 0.15) is 6.42 Å². The molecule has 0 fully saturated rings. The van der Waals surface area contributed by atoms with Gasteiger partial charge in [-0.1, -0.05) is 12.2 Å². The van der Waals surface area contributed by atoms with Gasteiger partial charge in [-0.25, -0.2) is 0 Å². The number of hydrogen-bond acceptors (Lipinski definition) is 1. The predicted molar refractivity (Wildman–Crippen MR) is 32.3 cm³/mol. The average molecular weight is 107 g/mol. The van der Waals surface area contributed by atoms with Gasteiger partial charge in [0.05, 0.1) is 6.26 Å². The highest BCUT2D eigenvalue weighted by molar-refractivity contribution is 5.24. The van der Waals surface area contributed by atoms with Gasteiger partial charge in [0.25, 0.3) is 0 Å². The second-order valence-electron chi connectivity index (χ2n) is 1.62. The summed E-state index contributed by atoms with van der Waals surface area (Å²) in [5, 5.41) is 8.42. The van der Waals surface area contributed by atoms with E-state index in [9.17, 15) is 0 Å². The predicted octanol–water partition coefficient (Wildman–Crippen LogP) is 1.75. The number of rotatable bonds is 0. The molecule has 0 aromatic rings. The van der Waals surface area contributed by atoms with Gasteiger partial charge in [-0.15, -0.1) is 0 Å². The molecule has 1 heteroatoms. The Balaban J connectivity index is 2.66. The van der Waals surface area contributed by atoms with Crippen LogP contribution in [-0.4, -0.2) is 5.11 Å². The molecule has 1 nitrogen and oxygen atoms in total. The Morgan fingerprint density at radius 1 is 1.75 bits per heavy atom. The van der Waals surface area contributed by atoms with Crippen LogP contribution in [0.5, 0.6) is 0 Å². The van der Waals surface area contributed by atoms with Gasteiger partial charge >= 0.3 is 0 Å². The van der Waals surface area contributed by atoms with E-state index in [0.29, 0.717) is 0 Å². The van der Waals surface area contributed by atoms with Crippen LogP contribution < -0.4 is 0 Å². The zero-order chi connectivity index (χ0) is 5.82. The smallest absolute Gasteiger partial charge is 0.0827 e. The van der Waals surface area contributed by atoms with Crippen molar-refractivity contribution in [2.45, 2.75) is 6.42 Å². The zero-order valence-electron chi connectivity index (χ0n) is 4.46. The number of allylic oxidation sites excluding steroid dienone is 5. The van der Waals surface area contributed by atoms with Gasteiger partial charge in [-0.3, -0.25) is 0 Å². The van der Waals surface area contributed by atoms with Crippen LogP contribution in [0.4, 0.5) is 0 Å². The highest BCUT2D eigenvalue weighted by Gasteiger charge is 1.90. The van der Waals surface area contributed by atoms with Crippen molar-refractivity contribution in [1.29, 1.82) is 0 Å². The molecule has 0 aliphatic heterocycles. The molecule has 0 saturated carbocycles. The maximum Gasteiger partial charge on any atom is 0.0827 e. The molecule has 41 valence electrons. The molecule has 8 heavy (non-hydrogen) atoms. The molecule has 1 aliphatic rings. The molecule has 0 saturated heterocycles. The second-order valence-corrected chi connectivity index (χ2v) is 1.62. The van der Waals surface area contributed by atoms with Gasteiger partial charge in [-0.2, -0.15) is 0 Å². The first-order chi connectivity index (χ1) is 3.93. The summed E-state index contributed by atoms with van der Waals surface area (Å²) < 4.78 is 0.